The van der Waals surface area contributed by atoms with Gasteiger partial charge in [0.2, 0.25) is 0 Å². The van der Waals surface area contributed by atoms with E-state index >= 15 is 0 Å². The zero-order valence-corrected chi connectivity index (χ0v) is 16.5. The van der Waals surface area contributed by atoms with Crippen molar-refractivity contribution in [3.05, 3.63) is 83.5 Å². The molecule has 4 N–H and O–H groups in total. The molecule has 0 radical (unpaired) electrons. The van der Waals surface area contributed by atoms with E-state index in [-0.39, 0.29) is 5.91 Å². The van der Waals surface area contributed by atoms with Gasteiger partial charge in [0.1, 0.15) is 0 Å². The van der Waals surface area contributed by atoms with Crippen molar-refractivity contribution in [1.29, 1.82) is 0 Å². The largest absolute Gasteiger partial charge is 0.399 e. The number of nitrogens with one attached hydrogen (secondary N) is 2. The van der Waals surface area contributed by atoms with E-state index in [0.29, 0.717) is 16.9 Å². The van der Waals surface area contributed by atoms with E-state index < -0.39 is 0 Å². The molecular weight excluding hydrogens is 382 g/mol. The summed E-state index contributed by atoms with van der Waals surface area (Å²) < 4.78 is 0. The molecule has 0 fully saturated rings. The average molecular weight is 401 g/mol. The number of pyridine rings is 1. The van der Waals surface area contributed by atoms with Crippen LogP contribution in [0.4, 0.5) is 22.2 Å². The normalized spacial score (nSPS) is 10.5. The Morgan fingerprint density at radius 1 is 1.10 bits per heavy atom. The number of benzene rings is 2. The van der Waals surface area contributed by atoms with E-state index in [1.165, 1.54) is 11.3 Å². The van der Waals surface area contributed by atoms with Crippen LogP contribution in [0.3, 0.4) is 0 Å². The number of carbonyl (C=O) groups excluding carboxylic acids is 1. The molecule has 2 aromatic heterocycles. The third-order valence-electron chi connectivity index (χ3n) is 4.37. The van der Waals surface area contributed by atoms with Crippen molar-refractivity contribution in [2.75, 3.05) is 16.4 Å². The van der Waals surface area contributed by atoms with Crippen molar-refractivity contribution in [2.45, 2.75) is 6.92 Å². The fourth-order valence-electron chi connectivity index (χ4n) is 2.77. The van der Waals surface area contributed by atoms with Gasteiger partial charge in [-0.1, -0.05) is 6.07 Å². The summed E-state index contributed by atoms with van der Waals surface area (Å²) in [5.41, 5.74) is 11.3. The monoisotopic (exact) mass is 401 g/mol. The molecule has 29 heavy (non-hydrogen) atoms. The molecule has 0 unspecified atom stereocenters. The Kier molecular flexibility index (Phi) is 5.22. The summed E-state index contributed by atoms with van der Waals surface area (Å²) in [6.45, 7) is 2.00. The molecule has 0 aliphatic heterocycles. The molecule has 0 saturated heterocycles. The fraction of sp³-hybridized carbons (Fsp3) is 0.0455. The van der Waals surface area contributed by atoms with Crippen molar-refractivity contribution in [3.63, 3.8) is 0 Å². The lowest BCUT2D eigenvalue weighted by molar-refractivity contribution is 0.102. The Bertz CT molecular complexity index is 1140. The summed E-state index contributed by atoms with van der Waals surface area (Å²) in [6.07, 6.45) is 3.53. The van der Waals surface area contributed by atoms with Crippen LogP contribution in [0, 0.1) is 6.92 Å². The standard InChI is InChI=1S/C22H19N5OS/c1-14-4-9-18(25-21(28)15-5-7-17(23)8-6-15)11-19(14)26-22-27-20(13-29-22)16-3-2-10-24-12-16/h2-13H,23H2,1H3,(H,25,28)(H,26,27). The number of hydrogen-bond acceptors (Lipinski definition) is 6. The predicted molar refractivity (Wildman–Crippen MR) is 119 cm³/mol. The van der Waals surface area contributed by atoms with Gasteiger partial charge >= 0.3 is 0 Å². The second-order valence-electron chi connectivity index (χ2n) is 6.51. The molecule has 0 aliphatic carbocycles. The molecule has 6 nitrogen and oxygen atoms in total. The number of rotatable bonds is 5. The van der Waals surface area contributed by atoms with Gasteiger partial charge < -0.3 is 16.4 Å². The number of nitrogens with zero attached hydrogens (tertiary/aromatic N) is 2. The fourth-order valence-corrected chi connectivity index (χ4v) is 3.50. The summed E-state index contributed by atoms with van der Waals surface area (Å²) >= 11 is 1.52. The summed E-state index contributed by atoms with van der Waals surface area (Å²) in [5, 5.41) is 9.02. The smallest absolute Gasteiger partial charge is 0.255 e. The Balaban J connectivity index is 1.51. The van der Waals surface area contributed by atoms with Gasteiger partial charge in [0.25, 0.3) is 5.91 Å². The summed E-state index contributed by atoms with van der Waals surface area (Å²) in [5.74, 6) is -0.187. The summed E-state index contributed by atoms with van der Waals surface area (Å²) in [7, 11) is 0. The average Bonchev–Trinajstić information content (AvgIpc) is 3.20. The number of carbonyl (C=O) groups is 1. The first-order valence-corrected chi connectivity index (χ1v) is 9.87. The van der Waals surface area contributed by atoms with Crippen LogP contribution in [0.25, 0.3) is 11.3 Å². The number of nitrogen functional groups attached to an aromatic ring is 1. The number of nitrogens with two attached hydrogens (primary N) is 1. The van der Waals surface area contributed by atoms with E-state index in [4.69, 9.17) is 5.73 Å². The number of amides is 1. The minimum Gasteiger partial charge on any atom is -0.399 e. The topological polar surface area (TPSA) is 92.9 Å². The first kappa shape index (κ1) is 18.6. The second kappa shape index (κ2) is 8.12. The lowest BCUT2D eigenvalue weighted by Crippen LogP contribution is -2.12. The van der Waals surface area contributed by atoms with Crippen LogP contribution in [0.2, 0.25) is 0 Å². The van der Waals surface area contributed by atoms with Gasteiger partial charge in [-0.25, -0.2) is 4.98 Å². The van der Waals surface area contributed by atoms with Gasteiger partial charge in [-0.3, -0.25) is 9.78 Å². The lowest BCUT2D eigenvalue weighted by atomic mass is 10.1. The highest BCUT2D eigenvalue weighted by Gasteiger charge is 2.10. The molecule has 4 aromatic rings. The van der Waals surface area contributed by atoms with E-state index in [9.17, 15) is 4.79 Å². The van der Waals surface area contributed by atoms with Gasteiger partial charge in [0, 0.05) is 46.0 Å². The number of aromatic nitrogens is 2. The maximum atomic E-state index is 12.5. The van der Waals surface area contributed by atoms with Gasteiger partial charge in [0.05, 0.1) is 5.69 Å². The van der Waals surface area contributed by atoms with Crippen molar-refractivity contribution in [3.8, 4) is 11.3 Å². The Labute approximate surface area is 172 Å². The maximum Gasteiger partial charge on any atom is 0.255 e. The molecule has 0 aliphatic rings. The van der Waals surface area contributed by atoms with E-state index in [2.05, 4.69) is 20.6 Å². The van der Waals surface area contributed by atoms with E-state index in [1.807, 2.05) is 42.6 Å². The van der Waals surface area contributed by atoms with Crippen molar-refractivity contribution >= 4 is 39.4 Å². The van der Waals surface area contributed by atoms with Crippen LogP contribution in [-0.4, -0.2) is 15.9 Å². The Hall–Kier alpha value is -3.71. The molecule has 144 valence electrons. The molecule has 0 spiro atoms. The van der Waals surface area contributed by atoms with Crippen LogP contribution in [0.5, 0.6) is 0 Å². The highest BCUT2D eigenvalue weighted by molar-refractivity contribution is 7.14. The maximum absolute atomic E-state index is 12.5. The SMILES string of the molecule is Cc1ccc(NC(=O)c2ccc(N)cc2)cc1Nc1nc(-c2cccnc2)cs1. The number of aryl methyl sites for hydroxylation is 1. The Morgan fingerprint density at radius 3 is 2.69 bits per heavy atom. The summed E-state index contributed by atoms with van der Waals surface area (Å²) in [6, 6.07) is 16.4. The van der Waals surface area contributed by atoms with Gasteiger partial charge in [-0.05, 0) is 61.0 Å². The zero-order valence-electron chi connectivity index (χ0n) is 15.7. The third-order valence-corrected chi connectivity index (χ3v) is 5.13. The van der Waals surface area contributed by atoms with Crippen molar-refractivity contribution in [1.82, 2.24) is 9.97 Å². The molecule has 0 atom stereocenters. The molecule has 2 heterocycles. The Morgan fingerprint density at radius 2 is 1.93 bits per heavy atom. The van der Waals surface area contributed by atoms with Gasteiger partial charge in [-0.15, -0.1) is 11.3 Å². The number of anilines is 4. The van der Waals surface area contributed by atoms with Crippen LogP contribution in [0.15, 0.2) is 72.4 Å². The predicted octanol–water partition coefficient (Wildman–Crippen LogP) is 5.09. The van der Waals surface area contributed by atoms with Crippen molar-refractivity contribution in [2.24, 2.45) is 0 Å². The van der Waals surface area contributed by atoms with Crippen LogP contribution in [-0.2, 0) is 0 Å². The molecule has 4 rings (SSSR count). The zero-order chi connectivity index (χ0) is 20.2. The highest BCUT2D eigenvalue weighted by atomic mass is 32.1. The molecule has 2 aromatic carbocycles. The molecule has 7 heteroatoms. The summed E-state index contributed by atoms with van der Waals surface area (Å²) in [4.78, 5) is 21.2. The number of thiazole rings is 1. The quantitative estimate of drug-likeness (QED) is 0.405. The molecule has 1 amide bonds. The first-order chi connectivity index (χ1) is 14.1. The lowest BCUT2D eigenvalue weighted by Gasteiger charge is -2.11. The van der Waals surface area contributed by atoms with Crippen LogP contribution >= 0.6 is 11.3 Å². The van der Waals surface area contributed by atoms with Gasteiger partial charge in [-0.2, -0.15) is 0 Å². The van der Waals surface area contributed by atoms with E-state index in [0.717, 1.165) is 27.6 Å². The van der Waals surface area contributed by atoms with E-state index in [1.54, 1.807) is 36.7 Å². The van der Waals surface area contributed by atoms with Crippen molar-refractivity contribution < 1.29 is 4.79 Å². The minimum atomic E-state index is -0.187. The number of hydrogen-bond donors (Lipinski definition) is 3. The van der Waals surface area contributed by atoms with Crippen LogP contribution < -0.4 is 16.4 Å². The van der Waals surface area contributed by atoms with Crippen LogP contribution in [0.1, 0.15) is 15.9 Å². The molecule has 0 bridgehead atoms. The third kappa shape index (κ3) is 4.41. The minimum absolute atomic E-state index is 0.187. The molecule has 0 saturated carbocycles. The highest BCUT2D eigenvalue weighted by Crippen LogP contribution is 2.29. The second-order valence-corrected chi connectivity index (χ2v) is 7.37. The molecular formula is C22H19N5OS. The van der Waals surface area contributed by atoms with Gasteiger partial charge in [0.15, 0.2) is 5.13 Å². The first-order valence-electron chi connectivity index (χ1n) is 8.99.